The lowest BCUT2D eigenvalue weighted by atomic mass is 10.1. The molecule has 0 saturated heterocycles. The average molecular weight is 364 g/mol. The highest BCUT2D eigenvalue weighted by molar-refractivity contribution is 5.93. The van der Waals surface area contributed by atoms with E-state index in [2.05, 4.69) is 22.8 Å². The van der Waals surface area contributed by atoms with Gasteiger partial charge in [-0.1, -0.05) is 42.5 Å². The summed E-state index contributed by atoms with van der Waals surface area (Å²) in [6, 6.07) is 21.5. The zero-order valence-electron chi connectivity index (χ0n) is 15.2. The van der Waals surface area contributed by atoms with Crippen molar-refractivity contribution in [2.75, 3.05) is 18.5 Å². The third-order valence-electron chi connectivity index (χ3n) is 4.04. The average Bonchev–Trinajstić information content (AvgIpc) is 3.21. The zero-order valence-corrected chi connectivity index (χ0v) is 15.2. The topological polar surface area (TPSA) is 63.5 Å². The van der Waals surface area contributed by atoms with Crippen LogP contribution in [0.1, 0.15) is 17.7 Å². The molecule has 1 amide bonds. The van der Waals surface area contributed by atoms with E-state index < -0.39 is 0 Å². The molecule has 5 heteroatoms. The van der Waals surface area contributed by atoms with E-state index in [9.17, 15) is 4.79 Å². The van der Waals surface area contributed by atoms with Crippen LogP contribution in [0.15, 0.2) is 77.4 Å². The highest BCUT2D eigenvalue weighted by atomic mass is 16.5. The number of anilines is 1. The molecule has 2 N–H and O–H groups in total. The van der Waals surface area contributed by atoms with E-state index in [4.69, 9.17) is 9.15 Å². The molecule has 0 aliphatic heterocycles. The second-order valence-electron chi connectivity index (χ2n) is 6.16. The van der Waals surface area contributed by atoms with Crippen molar-refractivity contribution in [1.29, 1.82) is 0 Å². The van der Waals surface area contributed by atoms with Crippen molar-refractivity contribution in [3.8, 4) is 5.75 Å². The number of benzene rings is 2. The van der Waals surface area contributed by atoms with E-state index >= 15 is 0 Å². The van der Waals surface area contributed by atoms with Crippen molar-refractivity contribution in [3.05, 3.63) is 84.3 Å². The fourth-order valence-electron chi connectivity index (χ4n) is 2.71. The number of carbonyl (C=O) groups is 1. The lowest BCUT2D eigenvalue weighted by molar-refractivity contribution is -0.115. The Morgan fingerprint density at radius 3 is 2.59 bits per heavy atom. The van der Waals surface area contributed by atoms with Crippen molar-refractivity contribution in [2.45, 2.75) is 19.4 Å². The summed E-state index contributed by atoms with van der Waals surface area (Å²) < 4.78 is 11.1. The second-order valence-corrected chi connectivity index (χ2v) is 6.16. The summed E-state index contributed by atoms with van der Waals surface area (Å²) in [4.78, 5) is 12.1. The largest absolute Gasteiger partial charge is 0.491 e. The minimum Gasteiger partial charge on any atom is -0.491 e. The summed E-state index contributed by atoms with van der Waals surface area (Å²) in [6.45, 7) is 1.31. The van der Waals surface area contributed by atoms with Gasteiger partial charge in [0, 0.05) is 0 Å². The first kappa shape index (κ1) is 18.7. The molecule has 5 nitrogen and oxygen atoms in total. The number of hydrogen-bond acceptors (Lipinski definition) is 4. The maximum absolute atomic E-state index is 12.1. The molecule has 1 aromatic heterocycles. The Labute approximate surface area is 159 Å². The van der Waals surface area contributed by atoms with Crippen molar-refractivity contribution in [3.63, 3.8) is 0 Å². The molecule has 140 valence electrons. The van der Waals surface area contributed by atoms with E-state index in [0.717, 1.165) is 18.6 Å². The number of ether oxygens (including phenoxy) is 1. The maximum atomic E-state index is 12.1. The summed E-state index contributed by atoms with van der Waals surface area (Å²) in [7, 11) is 0. The Balaban J connectivity index is 1.43. The highest BCUT2D eigenvalue weighted by Gasteiger charge is 2.08. The molecule has 3 aromatic rings. The molecule has 0 bridgehead atoms. The summed E-state index contributed by atoms with van der Waals surface area (Å²) >= 11 is 0. The van der Waals surface area contributed by atoms with E-state index in [1.807, 2.05) is 54.6 Å². The fourth-order valence-corrected chi connectivity index (χ4v) is 2.71. The first-order valence-electron chi connectivity index (χ1n) is 9.10. The molecule has 0 fully saturated rings. The van der Waals surface area contributed by atoms with Crippen LogP contribution in [0, 0.1) is 0 Å². The molecule has 3 rings (SSSR count). The zero-order chi connectivity index (χ0) is 18.7. The predicted octanol–water partition coefficient (Wildman–Crippen LogP) is 4.02. The van der Waals surface area contributed by atoms with Gasteiger partial charge in [0.05, 0.1) is 31.6 Å². The molecule has 0 spiro atoms. The van der Waals surface area contributed by atoms with Gasteiger partial charge in [0.1, 0.15) is 11.5 Å². The molecular formula is C22H24N2O3. The Kier molecular flexibility index (Phi) is 7.07. The highest BCUT2D eigenvalue weighted by Crippen LogP contribution is 2.23. The maximum Gasteiger partial charge on any atom is 0.238 e. The molecule has 0 unspecified atom stereocenters. The third-order valence-corrected chi connectivity index (χ3v) is 4.04. The number of para-hydroxylation sites is 2. The number of aryl methyl sites for hydroxylation is 1. The third kappa shape index (κ3) is 6.31. The Hall–Kier alpha value is -3.05. The Bertz CT molecular complexity index is 817. The van der Waals surface area contributed by atoms with Crippen molar-refractivity contribution in [2.24, 2.45) is 0 Å². The van der Waals surface area contributed by atoms with Crippen LogP contribution in [0.4, 0.5) is 5.69 Å². The normalized spacial score (nSPS) is 10.5. The van der Waals surface area contributed by atoms with Gasteiger partial charge in [-0.3, -0.25) is 4.79 Å². The van der Waals surface area contributed by atoms with E-state index in [0.29, 0.717) is 24.6 Å². The molecule has 0 radical (unpaired) electrons. The van der Waals surface area contributed by atoms with Crippen LogP contribution in [0.5, 0.6) is 5.75 Å². The van der Waals surface area contributed by atoms with Gasteiger partial charge in [0.15, 0.2) is 0 Å². The minimum absolute atomic E-state index is 0.123. The van der Waals surface area contributed by atoms with E-state index in [-0.39, 0.29) is 12.5 Å². The first-order chi connectivity index (χ1) is 13.3. The van der Waals surface area contributed by atoms with Gasteiger partial charge in [0.2, 0.25) is 5.91 Å². The molecule has 27 heavy (non-hydrogen) atoms. The number of nitrogens with one attached hydrogen (secondary N) is 2. The standard InChI is InChI=1S/C22H24N2O3/c25-22(17-23-16-19-11-7-14-26-19)24-20-12-4-5-13-21(20)27-15-6-10-18-8-2-1-3-9-18/h1-5,7-9,11-14,23H,6,10,15-17H2,(H,24,25). The van der Waals surface area contributed by atoms with Crippen molar-refractivity contribution >= 4 is 11.6 Å². The lowest BCUT2D eigenvalue weighted by Gasteiger charge is -2.12. The van der Waals surface area contributed by atoms with Crippen molar-refractivity contribution < 1.29 is 13.9 Å². The molecule has 2 aromatic carbocycles. The van der Waals surface area contributed by atoms with Gasteiger partial charge in [-0.25, -0.2) is 0 Å². The van der Waals surface area contributed by atoms with Gasteiger partial charge in [-0.2, -0.15) is 0 Å². The van der Waals surface area contributed by atoms with E-state index in [1.54, 1.807) is 6.26 Å². The quantitative estimate of drug-likeness (QED) is 0.533. The second kappa shape index (κ2) is 10.2. The summed E-state index contributed by atoms with van der Waals surface area (Å²) in [6.07, 6.45) is 3.49. The van der Waals surface area contributed by atoms with Gasteiger partial charge in [-0.05, 0) is 42.7 Å². The summed E-state index contributed by atoms with van der Waals surface area (Å²) in [5, 5.41) is 5.94. The van der Waals surface area contributed by atoms with Gasteiger partial charge in [-0.15, -0.1) is 0 Å². The van der Waals surface area contributed by atoms with Gasteiger partial charge < -0.3 is 19.8 Å². The van der Waals surface area contributed by atoms with Gasteiger partial charge in [0.25, 0.3) is 0 Å². The van der Waals surface area contributed by atoms with Crippen LogP contribution in [-0.2, 0) is 17.8 Å². The van der Waals surface area contributed by atoms with Crippen LogP contribution < -0.4 is 15.4 Å². The molecule has 0 aliphatic rings. The minimum atomic E-state index is -0.123. The molecule has 1 heterocycles. The number of amides is 1. The monoisotopic (exact) mass is 364 g/mol. The van der Waals surface area contributed by atoms with Crippen LogP contribution in [0.2, 0.25) is 0 Å². The number of rotatable bonds is 10. The molecular weight excluding hydrogens is 340 g/mol. The number of furan rings is 1. The lowest BCUT2D eigenvalue weighted by Crippen LogP contribution is -2.27. The molecule has 0 aliphatic carbocycles. The van der Waals surface area contributed by atoms with Crippen LogP contribution in [-0.4, -0.2) is 19.1 Å². The van der Waals surface area contributed by atoms with Crippen molar-refractivity contribution in [1.82, 2.24) is 5.32 Å². The SMILES string of the molecule is O=C(CNCc1ccco1)Nc1ccccc1OCCCc1ccccc1. The first-order valence-corrected chi connectivity index (χ1v) is 9.10. The summed E-state index contributed by atoms with van der Waals surface area (Å²) in [5.74, 6) is 1.36. The van der Waals surface area contributed by atoms with Crippen LogP contribution in [0.25, 0.3) is 0 Å². The number of carbonyl (C=O) groups excluding carboxylic acids is 1. The molecule has 0 atom stereocenters. The van der Waals surface area contributed by atoms with Gasteiger partial charge >= 0.3 is 0 Å². The van der Waals surface area contributed by atoms with E-state index in [1.165, 1.54) is 5.56 Å². The molecule has 0 saturated carbocycles. The number of hydrogen-bond donors (Lipinski definition) is 2. The Morgan fingerprint density at radius 1 is 0.963 bits per heavy atom. The fraction of sp³-hybridized carbons (Fsp3) is 0.227. The van der Waals surface area contributed by atoms with Crippen LogP contribution in [0.3, 0.4) is 0 Å². The smallest absolute Gasteiger partial charge is 0.238 e. The Morgan fingerprint density at radius 2 is 1.78 bits per heavy atom. The predicted molar refractivity (Wildman–Crippen MR) is 106 cm³/mol. The van der Waals surface area contributed by atoms with Crippen LogP contribution >= 0.6 is 0 Å². The summed E-state index contributed by atoms with van der Waals surface area (Å²) in [5.41, 5.74) is 1.98.